The van der Waals surface area contributed by atoms with E-state index < -0.39 is 0 Å². The minimum atomic E-state index is -0.191. The molecule has 90 valence electrons. The maximum atomic E-state index is 9.97. The third-order valence-corrected chi connectivity index (χ3v) is 3.05. The number of aryl methyl sites for hydroxylation is 1. The Morgan fingerprint density at radius 1 is 1.19 bits per heavy atom. The number of rotatable bonds is 6. The monoisotopic (exact) mass is 220 g/mol. The molecular formula is C15H24O. The molecule has 0 heterocycles. The normalized spacial score (nSPS) is 14.8. The summed E-state index contributed by atoms with van der Waals surface area (Å²) in [5.74, 6) is 0.630. The quantitative estimate of drug-likeness (QED) is 0.774. The van der Waals surface area contributed by atoms with Crippen molar-refractivity contribution in [2.75, 3.05) is 0 Å². The van der Waals surface area contributed by atoms with Crippen LogP contribution in [0.15, 0.2) is 24.3 Å². The Bertz CT molecular complexity index is 289. The van der Waals surface area contributed by atoms with Crippen molar-refractivity contribution in [3.05, 3.63) is 35.4 Å². The van der Waals surface area contributed by atoms with Gasteiger partial charge in [-0.25, -0.2) is 0 Å². The standard InChI is InChI=1S/C15H24O/c1-4-5-13(3)10-15(16)11-14-8-6-12(2)7-9-14/h6-9,13,15-16H,4-5,10-11H2,1-3H3. The summed E-state index contributed by atoms with van der Waals surface area (Å²) < 4.78 is 0. The van der Waals surface area contributed by atoms with Crippen LogP contribution in [-0.4, -0.2) is 11.2 Å². The van der Waals surface area contributed by atoms with Crippen LogP contribution in [0.3, 0.4) is 0 Å². The maximum Gasteiger partial charge on any atom is 0.0583 e. The van der Waals surface area contributed by atoms with Crippen LogP contribution in [0.4, 0.5) is 0 Å². The summed E-state index contributed by atoms with van der Waals surface area (Å²) in [6.07, 6.45) is 3.93. The van der Waals surface area contributed by atoms with Crippen LogP contribution in [0.5, 0.6) is 0 Å². The second kappa shape index (κ2) is 6.70. The van der Waals surface area contributed by atoms with E-state index in [-0.39, 0.29) is 6.10 Å². The van der Waals surface area contributed by atoms with Gasteiger partial charge in [0.05, 0.1) is 6.10 Å². The van der Waals surface area contributed by atoms with Crippen molar-refractivity contribution in [3.8, 4) is 0 Å². The van der Waals surface area contributed by atoms with Gasteiger partial charge in [-0.3, -0.25) is 0 Å². The maximum absolute atomic E-state index is 9.97. The summed E-state index contributed by atoms with van der Waals surface area (Å²) in [7, 11) is 0. The van der Waals surface area contributed by atoms with Gasteiger partial charge < -0.3 is 5.11 Å². The van der Waals surface area contributed by atoms with Crippen LogP contribution < -0.4 is 0 Å². The molecule has 16 heavy (non-hydrogen) atoms. The van der Waals surface area contributed by atoms with Gasteiger partial charge in [-0.1, -0.05) is 56.5 Å². The first kappa shape index (κ1) is 13.2. The van der Waals surface area contributed by atoms with Gasteiger partial charge in [0.25, 0.3) is 0 Å². The summed E-state index contributed by atoms with van der Waals surface area (Å²) in [6.45, 7) is 6.51. The van der Waals surface area contributed by atoms with Gasteiger partial charge in [-0.05, 0) is 31.2 Å². The average molecular weight is 220 g/mol. The molecule has 0 bridgehead atoms. The molecule has 1 N–H and O–H groups in total. The lowest BCUT2D eigenvalue weighted by atomic mass is 9.95. The third kappa shape index (κ3) is 4.80. The second-order valence-electron chi connectivity index (χ2n) is 4.97. The van der Waals surface area contributed by atoms with Crippen LogP contribution in [-0.2, 0) is 6.42 Å². The fraction of sp³-hybridized carbons (Fsp3) is 0.600. The number of benzene rings is 1. The van der Waals surface area contributed by atoms with E-state index in [1.165, 1.54) is 24.0 Å². The van der Waals surface area contributed by atoms with Crippen molar-refractivity contribution < 1.29 is 5.11 Å². The molecule has 1 aromatic carbocycles. The lowest BCUT2D eigenvalue weighted by Gasteiger charge is -2.15. The highest BCUT2D eigenvalue weighted by Gasteiger charge is 2.10. The minimum absolute atomic E-state index is 0.191. The molecule has 0 aliphatic heterocycles. The average Bonchev–Trinajstić information content (AvgIpc) is 2.21. The molecule has 0 amide bonds. The van der Waals surface area contributed by atoms with E-state index in [1.807, 2.05) is 0 Å². The third-order valence-electron chi connectivity index (χ3n) is 3.05. The van der Waals surface area contributed by atoms with Crippen LogP contribution in [0.25, 0.3) is 0 Å². The molecule has 0 radical (unpaired) electrons. The molecule has 1 rings (SSSR count). The molecule has 0 saturated carbocycles. The van der Waals surface area contributed by atoms with Gasteiger partial charge in [0.2, 0.25) is 0 Å². The first-order valence-corrected chi connectivity index (χ1v) is 6.35. The zero-order valence-electron chi connectivity index (χ0n) is 10.7. The second-order valence-corrected chi connectivity index (χ2v) is 4.97. The number of aliphatic hydroxyl groups is 1. The molecule has 0 fully saturated rings. The first-order chi connectivity index (χ1) is 7.61. The molecule has 0 aliphatic rings. The topological polar surface area (TPSA) is 20.2 Å². The van der Waals surface area contributed by atoms with Crippen molar-refractivity contribution in [1.82, 2.24) is 0 Å². The molecule has 0 saturated heterocycles. The summed E-state index contributed by atoms with van der Waals surface area (Å²) in [4.78, 5) is 0. The predicted molar refractivity (Wildman–Crippen MR) is 69.6 cm³/mol. The van der Waals surface area contributed by atoms with Crippen molar-refractivity contribution in [1.29, 1.82) is 0 Å². The highest BCUT2D eigenvalue weighted by atomic mass is 16.3. The van der Waals surface area contributed by atoms with E-state index in [1.54, 1.807) is 0 Å². The lowest BCUT2D eigenvalue weighted by molar-refractivity contribution is 0.143. The predicted octanol–water partition coefficient (Wildman–Crippen LogP) is 3.72. The van der Waals surface area contributed by atoms with Crippen LogP contribution in [0.1, 0.15) is 44.2 Å². The van der Waals surface area contributed by atoms with Gasteiger partial charge in [0.15, 0.2) is 0 Å². The molecule has 1 nitrogen and oxygen atoms in total. The highest BCUT2D eigenvalue weighted by Crippen LogP contribution is 2.15. The fourth-order valence-electron chi connectivity index (χ4n) is 2.15. The largest absolute Gasteiger partial charge is 0.393 e. The van der Waals surface area contributed by atoms with Gasteiger partial charge in [0.1, 0.15) is 0 Å². The SMILES string of the molecule is CCCC(C)CC(O)Cc1ccc(C)cc1. The fourth-order valence-corrected chi connectivity index (χ4v) is 2.15. The Balaban J connectivity index is 2.39. The Morgan fingerprint density at radius 3 is 2.38 bits per heavy atom. The number of hydrogen-bond acceptors (Lipinski definition) is 1. The zero-order chi connectivity index (χ0) is 12.0. The summed E-state index contributed by atoms with van der Waals surface area (Å²) in [6, 6.07) is 8.45. The smallest absolute Gasteiger partial charge is 0.0583 e. The first-order valence-electron chi connectivity index (χ1n) is 6.35. The minimum Gasteiger partial charge on any atom is -0.393 e. The van der Waals surface area contributed by atoms with Crippen molar-refractivity contribution in [3.63, 3.8) is 0 Å². The molecule has 0 aromatic heterocycles. The molecule has 0 aliphatic carbocycles. The Kier molecular flexibility index (Phi) is 5.54. The Morgan fingerprint density at radius 2 is 1.81 bits per heavy atom. The number of aliphatic hydroxyl groups excluding tert-OH is 1. The molecular weight excluding hydrogens is 196 g/mol. The van der Waals surface area contributed by atoms with Crippen molar-refractivity contribution >= 4 is 0 Å². The summed E-state index contributed by atoms with van der Waals surface area (Å²) in [5, 5.41) is 9.97. The van der Waals surface area contributed by atoms with Gasteiger partial charge >= 0.3 is 0 Å². The van der Waals surface area contributed by atoms with Gasteiger partial charge in [0, 0.05) is 0 Å². The molecule has 2 atom stereocenters. The highest BCUT2D eigenvalue weighted by molar-refractivity contribution is 5.21. The number of hydrogen-bond donors (Lipinski definition) is 1. The van der Waals surface area contributed by atoms with E-state index in [9.17, 15) is 5.11 Å². The molecule has 2 unspecified atom stereocenters. The van der Waals surface area contributed by atoms with Crippen LogP contribution in [0, 0.1) is 12.8 Å². The van der Waals surface area contributed by atoms with E-state index >= 15 is 0 Å². The van der Waals surface area contributed by atoms with Gasteiger partial charge in [-0.15, -0.1) is 0 Å². The van der Waals surface area contributed by atoms with Crippen LogP contribution in [0.2, 0.25) is 0 Å². The lowest BCUT2D eigenvalue weighted by Crippen LogP contribution is -2.14. The van der Waals surface area contributed by atoms with Crippen molar-refractivity contribution in [2.45, 2.75) is 52.6 Å². The summed E-state index contributed by atoms with van der Waals surface area (Å²) in [5.41, 5.74) is 2.51. The van der Waals surface area contributed by atoms with E-state index in [2.05, 4.69) is 45.0 Å². The summed E-state index contributed by atoms with van der Waals surface area (Å²) >= 11 is 0. The molecule has 1 heteroatoms. The van der Waals surface area contributed by atoms with Gasteiger partial charge in [-0.2, -0.15) is 0 Å². The van der Waals surface area contributed by atoms with Crippen molar-refractivity contribution in [2.24, 2.45) is 5.92 Å². The van der Waals surface area contributed by atoms with Crippen LogP contribution >= 0.6 is 0 Å². The Hall–Kier alpha value is -0.820. The van der Waals surface area contributed by atoms with E-state index in [0.717, 1.165) is 12.8 Å². The van der Waals surface area contributed by atoms with E-state index in [0.29, 0.717) is 5.92 Å². The molecule has 0 spiro atoms. The zero-order valence-corrected chi connectivity index (χ0v) is 10.7. The molecule has 1 aromatic rings. The Labute approximate surface area is 99.5 Å². The van der Waals surface area contributed by atoms with E-state index in [4.69, 9.17) is 0 Å².